The van der Waals surface area contributed by atoms with Crippen molar-refractivity contribution < 1.29 is 19.1 Å². The van der Waals surface area contributed by atoms with E-state index in [1.807, 2.05) is 62.4 Å². The molecular weight excluding hydrogens is 404 g/mol. The summed E-state index contributed by atoms with van der Waals surface area (Å²) in [6.07, 6.45) is 0. The fourth-order valence-corrected chi connectivity index (χ4v) is 3.85. The van der Waals surface area contributed by atoms with Crippen LogP contribution in [0.3, 0.4) is 0 Å². The van der Waals surface area contributed by atoms with Crippen LogP contribution in [0.1, 0.15) is 16.7 Å². The molecule has 1 N–H and O–H groups in total. The minimum Gasteiger partial charge on any atom is -0.493 e. The smallest absolute Gasteiger partial charge is 0.282 e. The second-order valence-electron chi connectivity index (χ2n) is 7.55. The van der Waals surface area contributed by atoms with E-state index in [9.17, 15) is 9.59 Å². The van der Waals surface area contributed by atoms with Crippen LogP contribution in [0.25, 0.3) is 5.57 Å². The molecule has 0 spiro atoms. The van der Waals surface area contributed by atoms with E-state index in [1.54, 1.807) is 32.4 Å². The highest BCUT2D eigenvalue weighted by Gasteiger charge is 2.40. The third kappa shape index (κ3) is 3.71. The van der Waals surface area contributed by atoms with Crippen molar-refractivity contribution in [1.82, 2.24) is 0 Å². The Bertz CT molecular complexity index is 1230. The van der Waals surface area contributed by atoms with Gasteiger partial charge in [-0.05, 0) is 43.2 Å². The molecule has 2 amide bonds. The monoisotopic (exact) mass is 428 g/mol. The molecule has 1 aliphatic heterocycles. The molecule has 0 unspecified atom stereocenters. The molecule has 0 atom stereocenters. The third-order valence-electron chi connectivity index (χ3n) is 5.39. The zero-order valence-electron chi connectivity index (χ0n) is 18.4. The number of aryl methyl sites for hydroxylation is 2. The molecule has 3 aromatic carbocycles. The van der Waals surface area contributed by atoms with E-state index in [2.05, 4.69) is 5.32 Å². The normalized spacial score (nSPS) is 13.6. The average molecular weight is 428 g/mol. The number of nitrogens with zero attached hydrogens (tertiary/aromatic N) is 1. The van der Waals surface area contributed by atoms with Gasteiger partial charge in [0.1, 0.15) is 5.70 Å². The van der Waals surface area contributed by atoms with Crippen molar-refractivity contribution >= 4 is 28.8 Å². The van der Waals surface area contributed by atoms with E-state index in [1.165, 1.54) is 4.90 Å². The summed E-state index contributed by atoms with van der Waals surface area (Å²) < 4.78 is 10.7. The Balaban J connectivity index is 1.82. The van der Waals surface area contributed by atoms with Gasteiger partial charge in [0.25, 0.3) is 11.8 Å². The van der Waals surface area contributed by atoms with Crippen LogP contribution in [-0.4, -0.2) is 26.0 Å². The SMILES string of the molecule is COc1ccc(NC2=C(c3ccccc3)C(=O)N(c3ccc(C)cc3C)C2=O)cc1OC. The number of benzene rings is 3. The van der Waals surface area contributed by atoms with E-state index in [4.69, 9.17) is 9.47 Å². The summed E-state index contributed by atoms with van der Waals surface area (Å²) in [5, 5.41) is 3.16. The number of hydrogen-bond acceptors (Lipinski definition) is 5. The van der Waals surface area contributed by atoms with Gasteiger partial charge in [-0.3, -0.25) is 9.59 Å². The van der Waals surface area contributed by atoms with Gasteiger partial charge >= 0.3 is 0 Å². The molecule has 0 radical (unpaired) electrons. The molecule has 1 aliphatic rings. The molecular formula is C26H24N2O4. The van der Waals surface area contributed by atoms with Gasteiger partial charge in [0.05, 0.1) is 25.5 Å². The number of carbonyl (C=O) groups is 2. The van der Waals surface area contributed by atoms with Crippen LogP contribution in [0.2, 0.25) is 0 Å². The highest BCUT2D eigenvalue weighted by atomic mass is 16.5. The molecule has 0 aliphatic carbocycles. The number of ether oxygens (including phenoxy) is 2. The Morgan fingerprint density at radius 2 is 1.50 bits per heavy atom. The molecule has 1 heterocycles. The zero-order valence-corrected chi connectivity index (χ0v) is 18.4. The molecule has 4 rings (SSSR count). The van der Waals surface area contributed by atoms with E-state index in [-0.39, 0.29) is 11.6 Å². The van der Waals surface area contributed by atoms with Crippen LogP contribution in [0, 0.1) is 13.8 Å². The number of methoxy groups -OCH3 is 2. The first-order valence-electron chi connectivity index (χ1n) is 10.2. The molecule has 0 saturated carbocycles. The van der Waals surface area contributed by atoms with Crippen LogP contribution >= 0.6 is 0 Å². The van der Waals surface area contributed by atoms with Gasteiger partial charge < -0.3 is 14.8 Å². The molecule has 0 aromatic heterocycles. The van der Waals surface area contributed by atoms with Gasteiger partial charge in [0.2, 0.25) is 0 Å². The van der Waals surface area contributed by atoms with Crippen molar-refractivity contribution in [2.45, 2.75) is 13.8 Å². The number of rotatable bonds is 6. The molecule has 6 nitrogen and oxygen atoms in total. The number of imide groups is 1. The number of amides is 2. The van der Waals surface area contributed by atoms with Crippen molar-refractivity contribution in [3.63, 3.8) is 0 Å². The van der Waals surface area contributed by atoms with Gasteiger partial charge in [-0.25, -0.2) is 4.90 Å². The number of anilines is 2. The van der Waals surface area contributed by atoms with Crippen molar-refractivity contribution in [2.24, 2.45) is 0 Å². The maximum atomic E-state index is 13.5. The maximum Gasteiger partial charge on any atom is 0.282 e. The molecule has 6 heteroatoms. The molecule has 162 valence electrons. The summed E-state index contributed by atoms with van der Waals surface area (Å²) in [5.74, 6) is 0.315. The van der Waals surface area contributed by atoms with E-state index in [0.717, 1.165) is 11.1 Å². The van der Waals surface area contributed by atoms with Crippen molar-refractivity contribution in [3.8, 4) is 11.5 Å². The molecule has 3 aromatic rings. The lowest BCUT2D eigenvalue weighted by molar-refractivity contribution is -0.120. The minimum absolute atomic E-state index is 0.216. The van der Waals surface area contributed by atoms with Crippen molar-refractivity contribution in [3.05, 3.63) is 89.1 Å². The highest BCUT2D eigenvalue weighted by molar-refractivity contribution is 6.46. The average Bonchev–Trinajstić information content (AvgIpc) is 3.03. The van der Waals surface area contributed by atoms with Crippen LogP contribution < -0.4 is 19.7 Å². The van der Waals surface area contributed by atoms with E-state index < -0.39 is 5.91 Å². The van der Waals surface area contributed by atoms with Crippen LogP contribution in [0.15, 0.2) is 72.4 Å². The predicted molar refractivity (Wildman–Crippen MR) is 125 cm³/mol. The molecule has 0 saturated heterocycles. The summed E-state index contributed by atoms with van der Waals surface area (Å²) >= 11 is 0. The quantitative estimate of drug-likeness (QED) is 0.576. The van der Waals surface area contributed by atoms with Gasteiger partial charge in [-0.2, -0.15) is 0 Å². The first-order valence-corrected chi connectivity index (χ1v) is 10.2. The summed E-state index contributed by atoms with van der Waals surface area (Å²) in [7, 11) is 3.10. The van der Waals surface area contributed by atoms with Crippen molar-refractivity contribution in [1.29, 1.82) is 0 Å². The topological polar surface area (TPSA) is 67.9 Å². The molecule has 0 fully saturated rings. The van der Waals surface area contributed by atoms with E-state index in [0.29, 0.717) is 34.0 Å². The summed E-state index contributed by atoms with van der Waals surface area (Å²) in [5.41, 5.74) is 4.30. The van der Waals surface area contributed by atoms with Gasteiger partial charge in [0.15, 0.2) is 11.5 Å². The van der Waals surface area contributed by atoms with Gasteiger partial charge in [0, 0.05) is 11.8 Å². The summed E-state index contributed by atoms with van der Waals surface area (Å²) in [4.78, 5) is 28.3. The third-order valence-corrected chi connectivity index (χ3v) is 5.39. The van der Waals surface area contributed by atoms with Crippen LogP contribution in [0.5, 0.6) is 11.5 Å². The lowest BCUT2D eigenvalue weighted by Gasteiger charge is -2.18. The fourth-order valence-electron chi connectivity index (χ4n) is 3.85. The Kier molecular flexibility index (Phi) is 5.69. The standard InChI is InChI=1S/C26H24N2O4/c1-16-10-12-20(17(2)14-16)28-25(29)23(18-8-6-5-7-9-18)24(26(28)30)27-19-11-13-21(31-3)22(15-19)32-4/h5-15,27H,1-4H3. The maximum absolute atomic E-state index is 13.5. The summed E-state index contributed by atoms with van der Waals surface area (Å²) in [6, 6.07) is 20.1. The Morgan fingerprint density at radius 3 is 2.16 bits per heavy atom. The second-order valence-corrected chi connectivity index (χ2v) is 7.55. The van der Waals surface area contributed by atoms with Gasteiger partial charge in [-0.1, -0.05) is 48.0 Å². The zero-order chi connectivity index (χ0) is 22.8. The fraction of sp³-hybridized carbons (Fsp3) is 0.154. The lowest BCUT2D eigenvalue weighted by atomic mass is 10.0. The summed E-state index contributed by atoms with van der Waals surface area (Å²) in [6.45, 7) is 3.87. The predicted octanol–water partition coefficient (Wildman–Crippen LogP) is 4.72. The van der Waals surface area contributed by atoms with Gasteiger partial charge in [-0.15, -0.1) is 0 Å². The Morgan fingerprint density at radius 1 is 0.781 bits per heavy atom. The van der Waals surface area contributed by atoms with Crippen molar-refractivity contribution in [2.75, 3.05) is 24.4 Å². The van der Waals surface area contributed by atoms with Crippen LogP contribution in [-0.2, 0) is 9.59 Å². The molecule has 32 heavy (non-hydrogen) atoms. The minimum atomic E-state index is -0.407. The van der Waals surface area contributed by atoms with E-state index >= 15 is 0 Å². The first kappa shape index (κ1) is 21.2. The second kappa shape index (κ2) is 8.59. The molecule has 0 bridgehead atoms. The lowest BCUT2D eigenvalue weighted by Crippen LogP contribution is -2.33. The number of carbonyl (C=O) groups excluding carboxylic acids is 2. The first-order chi connectivity index (χ1) is 15.4. The van der Waals surface area contributed by atoms with Crippen LogP contribution in [0.4, 0.5) is 11.4 Å². The number of hydrogen-bond donors (Lipinski definition) is 1. The largest absolute Gasteiger partial charge is 0.493 e. The Labute approximate surface area is 187 Å². The Hall–Kier alpha value is -4.06. The number of nitrogens with one attached hydrogen (secondary N) is 1. The highest BCUT2D eigenvalue weighted by Crippen LogP contribution is 2.36.